The number of nitriles is 1. The third-order valence-corrected chi connectivity index (χ3v) is 1.97. The van der Waals surface area contributed by atoms with Gasteiger partial charge in [-0.05, 0) is 18.9 Å². The molecule has 0 radical (unpaired) electrons. The predicted molar refractivity (Wildman–Crippen MR) is 49.2 cm³/mol. The van der Waals surface area contributed by atoms with Crippen LogP contribution in [0.3, 0.4) is 0 Å². The van der Waals surface area contributed by atoms with Crippen molar-refractivity contribution in [2.75, 3.05) is 7.11 Å². The Morgan fingerprint density at radius 1 is 1.50 bits per heavy atom. The van der Waals surface area contributed by atoms with Crippen LogP contribution in [-0.4, -0.2) is 18.2 Å². The summed E-state index contributed by atoms with van der Waals surface area (Å²) in [5.41, 5.74) is 0.288. The van der Waals surface area contributed by atoms with E-state index in [0.29, 0.717) is 11.6 Å². The second-order valence-corrected chi connectivity index (χ2v) is 3.13. The van der Waals surface area contributed by atoms with E-state index in [2.05, 4.69) is 4.98 Å². The van der Waals surface area contributed by atoms with Gasteiger partial charge in [0.1, 0.15) is 6.07 Å². The molecular formula is C10H10N2O2. The van der Waals surface area contributed by atoms with E-state index in [1.54, 1.807) is 12.1 Å². The molecule has 1 fully saturated rings. The van der Waals surface area contributed by atoms with E-state index in [1.807, 2.05) is 6.07 Å². The Bertz CT molecular complexity index is 380. The lowest BCUT2D eigenvalue weighted by Crippen LogP contribution is -2.00. The number of hydrogen-bond donors (Lipinski definition) is 0. The largest absolute Gasteiger partial charge is 0.487 e. The zero-order chi connectivity index (χ0) is 9.97. The molecule has 1 heterocycles. The summed E-state index contributed by atoms with van der Waals surface area (Å²) in [7, 11) is 1.52. The first-order valence-corrected chi connectivity index (χ1v) is 4.45. The van der Waals surface area contributed by atoms with E-state index in [1.165, 1.54) is 7.11 Å². The van der Waals surface area contributed by atoms with Gasteiger partial charge in [-0.3, -0.25) is 0 Å². The summed E-state index contributed by atoms with van der Waals surface area (Å²) in [6, 6.07) is 5.41. The van der Waals surface area contributed by atoms with Crippen molar-refractivity contribution < 1.29 is 9.47 Å². The summed E-state index contributed by atoms with van der Waals surface area (Å²) in [6.45, 7) is 0. The average Bonchev–Trinajstić information content (AvgIpc) is 3.02. The molecule has 0 aromatic carbocycles. The summed E-state index contributed by atoms with van der Waals surface area (Å²) >= 11 is 0. The highest BCUT2D eigenvalue weighted by Crippen LogP contribution is 2.29. The molecule has 1 saturated carbocycles. The monoisotopic (exact) mass is 190 g/mol. The van der Waals surface area contributed by atoms with Gasteiger partial charge in [0.25, 0.3) is 0 Å². The van der Waals surface area contributed by atoms with Crippen molar-refractivity contribution in [1.29, 1.82) is 5.26 Å². The second kappa shape index (κ2) is 3.54. The SMILES string of the molecule is COc1ccc(OC2CC2)c(C#N)n1. The van der Waals surface area contributed by atoms with Gasteiger partial charge >= 0.3 is 0 Å². The van der Waals surface area contributed by atoms with Crippen LogP contribution in [0.25, 0.3) is 0 Å². The number of nitrogens with zero attached hydrogens (tertiary/aromatic N) is 2. The number of aromatic nitrogens is 1. The third kappa shape index (κ3) is 1.77. The van der Waals surface area contributed by atoms with Gasteiger partial charge < -0.3 is 9.47 Å². The maximum atomic E-state index is 8.82. The van der Waals surface area contributed by atoms with Crippen molar-refractivity contribution in [2.24, 2.45) is 0 Å². The minimum absolute atomic E-state index is 0.275. The van der Waals surface area contributed by atoms with E-state index < -0.39 is 0 Å². The summed E-state index contributed by atoms with van der Waals surface area (Å²) in [5.74, 6) is 0.987. The number of methoxy groups -OCH3 is 1. The summed E-state index contributed by atoms with van der Waals surface area (Å²) in [5, 5.41) is 8.82. The van der Waals surface area contributed by atoms with Gasteiger partial charge in [0.05, 0.1) is 13.2 Å². The van der Waals surface area contributed by atoms with Crippen molar-refractivity contribution in [3.63, 3.8) is 0 Å². The third-order valence-electron chi connectivity index (χ3n) is 1.97. The molecule has 0 saturated heterocycles. The highest BCUT2D eigenvalue weighted by Gasteiger charge is 2.25. The maximum Gasteiger partial charge on any atom is 0.214 e. The first kappa shape index (κ1) is 8.82. The molecular weight excluding hydrogens is 180 g/mol. The van der Waals surface area contributed by atoms with Gasteiger partial charge in [0, 0.05) is 6.07 Å². The van der Waals surface area contributed by atoms with E-state index in [9.17, 15) is 0 Å². The fourth-order valence-electron chi connectivity index (χ4n) is 1.08. The van der Waals surface area contributed by atoms with Crippen LogP contribution in [0.15, 0.2) is 12.1 Å². The van der Waals surface area contributed by atoms with Crippen molar-refractivity contribution in [3.8, 4) is 17.7 Å². The molecule has 0 spiro atoms. The molecule has 72 valence electrons. The Morgan fingerprint density at radius 3 is 2.86 bits per heavy atom. The molecule has 14 heavy (non-hydrogen) atoms. The van der Waals surface area contributed by atoms with Gasteiger partial charge in [-0.25, -0.2) is 0 Å². The molecule has 1 aliphatic rings. The normalized spacial score (nSPS) is 14.6. The fraction of sp³-hybridized carbons (Fsp3) is 0.400. The van der Waals surface area contributed by atoms with Crippen LogP contribution >= 0.6 is 0 Å². The van der Waals surface area contributed by atoms with Crippen LogP contribution in [0.5, 0.6) is 11.6 Å². The van der Waals surface area contributed by atoms with Crippen LogP contribution < -0.4 is 9.47 Å². The van der Waals surface area contributed by atoms with Gasteiger partial charge in [0.15, 0.2) is 11.4 Å². The lowest BCUT2D eigenvalue weighted by molar-refractivity contribution is 0.299. The van der Waals surface area contributed by atoms with Crippen molar-refractivity contribution in [3.05, 3.63) is 17.8 Å². The zero-order valence-corrected chi connectivity index (χ0v) is 7.86. The van der Waals surface area contributed by atoms with Crippen molar-refractivity contribution in [2.45, 2.75) is 18.9 Å². The van der Waals surface area contributed by atoms with Gasteiger partial charge in [-0.1, -0.05) is 0 Å². The highest BCUT2D eigenvalue weighted by atomic mass is 16.5. The maximum absolute atomic E-state index is 8.82. The predicted octanol–water partition coefficient (Wildman–Crippen LogP) is 1.50. The first-order chi connectivity index (χ1) is 6.83. The topological polar surface area (TPSA) is 55.1 Å². The number of pyridine rings is 1. The molecule has 0 N–H and O–H groups in total. The molecule has 0 aliphatic heterocycles. The number of ether oxygens (including phenoxy) is 2. The Labute approximate surface area is 82.1 Å². The van der Waals surface area contributed by atoms with E-state index >= 15 is 0 Å². The number of hydrogen-bond acceptors (Lipinski definition) is 4. The molecule has 4 heteroatoms. The molecule has 0 unspecified atom stereocenters. The molecule has 1 aromatic rings. The Morgan fingerprint density at radius 2 is 2.29 bits per heavy atom. The molecule has 1 aliphatic carbocycles. The van der Waals surface area contributed by atoms with Crippen molar-refractivity contribution in [1.82, 2.24) is 4.98 Å². The van der Waals surface area contributed by atoms with E-state index in [-0.39, 0.29) is 11.8 Å². The van der Waals surface area contributed by atoms with Gasteiger partial charge in [-0.2, -0.15) is 10.2 Å². The summed E-state index contributed by atoms with van der Waals surface area (Å²) in [4.78, 5) is 3.98. The first-order valence-electron chi connectivity index (χ1n) is 4.45. The van der Waals surface area contributed by atoms with Crippen LogP contribution in [0.2, 0.25) is 0 Å². The summed E-state index contributed by atoms with van der Waals surface area (Å²) < 4.78 is 10.4. The molecule has 4 nitrogen and oxygen atoms in total. The van der Waals surface area contributed by atoms with E-state index in [0.717, 1.165) is 12.8 Å². The van der Waals surface area contributed by atoms with Crippen LogP contribution in [0.4, 0.5) is 0 Å². The Balaban J connectivity index is 2.25. The minimum atomic E-state index is 0.275. The smallest absolute Gasteiger partial charge is 0.214 e. The lowest BCUT2D eigenvalue weighted by Gasteiger charge is -2.06. The standard InChI is InChI=1S/C10H10N2O2/c1-13-10-5-4-9(8(6-11)12-10)14-7-2-3-7/h4-5,7H,2-3H2,1H3. The molecule has 1 aromatic heterocycles. The quantitative estimate of drug-likeness (QED) is 0.724. The number of rotatable bonds is 3. The lowest BCUT2D eigenvalue weighted by atomic mass is 10.3. The van der Waals surface area contributed by atoms with Gasteiger partial charge in [-0.15, -0.1) is 0 Å². The second-order valence-electron chi connectivity index (χ2n) is 3.13. The molecule has 0 bridgehead atoms. The van der Waals surface area contributed by atoms with E-state index in [4.69, 9.17) is 14.7 Å². The van der Waals surface area contributed by atoms with Crippen LogP contribution in [0, 0.1) is 11.3 Å². The van der Waals surface area contributed by atoms with Gasteiger partial charge in [0.2, 0.25) is 5.88 Å². The van der Waals surface area contributed by atoms with Crippen molar-refractivity contribution >= 4 is 0 Å². The zero-order valence-electron chi connectivity index (χ0n) is 7.86. The minimum Gasteiger partial charge on any atom is -0.487 e. The van der Waals surface area contributed by atoms with Crippen LogP contribution in [0.1, 0.15) is 18.5 Å². The molecule has 2 rings (SSSR count). The highest BCUT2D eigenvalue weighted by molar-refractivity contribution is 5.40. The average molecular weight is 190 g/mol. The van der Waals surface area contributed by atoms with Crippen LogP contribution in [-0.2, 0) is 0 Å². The molecule has 0 amide bonds. The fourth-order valence-corrected chi connectivity index (χ4v) is 1.08. The Hall–Kier alpha value is -1.76. The summed E-state index contributed by atoms with van der Waals surface area (Å²) in [6.07, 6.45) is 2.41. The molecule has 0 atom stereocenters. The Kier molecular flexibility index (Phi) is 2.23.